The number of guanidine groups is 1. The molecule has 0 aromatic heterocycles. The van der Waals surface area contributed by atoms with Crippen LogP contribution in [0.25, 0.3) is 0 Å². The Kier molecular flexibility index (Phi) is 8.94. The van der Waals surface area contributed by atoms with E-state index in [0.717, 1.165) is 51.5 Å². The third-order valence-electron chi connectivity index (χ3n) is 5.35. The summed E-state index contributed by atoms with van der Waals surface area (Å²) in [5.74, 6) is 1.17. The van der Waals surface area contributed by atoms with Gasteiger partial charge in [-0.3, -0.25) is 14.7 Å². The molecule has 1 unspecified atom stereocenters. The zero-order chi connectivity index (χ0) is 17.7. The van der Waals surface area contributed by atoms with Gasteiger partial charge in [0.1, 0.15) is 0 Å². The monoisotopic (exact) mass is 465 g/mol. The van der Waals surface area contributed by atoms with Crippen molar-refractivity contribution in [1.82, 2.24) is 20.4 Å². The first-order chi connectivity index (χ1) is 11.4. The fraction of sp³-hybridized carbons (Fsp3) is 0.889. The van der Waals surface area contributed by atoms with Gasteiger partial charge in [-0.05, 0) is 40.5 Å². The maximum atomic E-state index is 11.7. The van der Waals surface area contributed by atoms with Gasteiger partial charge >= 0.3 is 0 Å². The van der Waals surface area contributed by atoms with Crippen LogP contribution in [0.1, 0.15) is 47.0 Å². The van der Waals surface area contributed by atoms with Crippen molar-refractivity contribution in [2.24, 2.45) is 10.4 Å². The van der Waals surface area contributed by atoms with Gasteiger partial charge in [-0.2, -0.15) is 0 Å². The molecule has 2 aliphatic heterocycles. The second-order valence-electron chi connectivity index (χ2n) is 7.88. The van der Waals surface area contributed by atoms with Crippen molar-refractivity contribution in [3.63, 3.8) is 0 Å². The first kappa shape index (κ1) is 22.5. The van der Waals surface area contributed by atoms with Crippen molar-refractivity contribution in [3.05, 3.63) is 0 Å². The Labute approximate surface area is 170 Å². The molecule has 0 saturated carbocycles. The highest BCUT2D eigenvalue weighted by Crippen LogP contribution is 2.35. The molecule has 2 rings (SSSR count). The van der Waals surface area contributed by atoms with Crippen molar-refractivity contribution in [1.29, 1.82) is 0 Å². The topological polar surface area (TPSA) is 60.0 Å². The van der Waals surface area contributed by atoms with Crippen LogP contribution in [0, 0.1) is 5.41 Å². The largest absolute Gasteiger partial charge is 0.355 e. The lowest BCUT2D eigenvalue weighted by Crippen LogP contribution is -2.52. The number of rotatable bonds is 5. The van der Waals surface area contributed by atoms with E-state index in [2.05, 4.69) is 53.1 Å². The zero-order valence-electron chi connectivity index (χ0n) is 16.5. The molecule has 0 radical (unpaired) electrons. The van der Waals surface area contributed by atoms with Gasteiger partial charge in [0, 0.05) is 63.7 Å². The lowest BCUT2D eigenvalue weighted by Gasteiger charge is -2.41. The smallest absolute Gasteiger partial charge is 0.220 e. The summed E-state index contributed by atoms with van der Waals surface area (Å²) < 4.78 is 0. The standard InChI is InChI=1S/C18H35N5O.HI/c1-14(2)23(15(3)4)10-8-20-17(19-5)22-9-6-7-18(13-22)11-16(24)21-12-18;/h14-15H,6-13H2,1-5H3,(H,19,20)(H,21,24);1H. The third-order valence-corrected chi connectivity index (χ3v) is 5.35. The van der Waals surface area contributed by atoms with Crippen LogP contribution >= 0.6 is 24.0 Å². The SMILES string of the molecule is CN=C(NCCN(C(C)C)C(C)C)N1CCCC2(CNC(=O)C2)C1.I. The van der Waals surface area contributed by atoms with E-state index in [9.17, 15) is 4.79 Å². The Bertz CT molecular complexity index is 460. The Balaban J connectivity index is 0.00000312. The van der Waals surface area contributed by atoms with E-state index in [-0.39, 0.29) is 35.3 Å². The predicted octanol–water partition coefficient (Wildman–Crippen LogP) is 1.90. The molecular formula is C18H36IN5O. The van der Waals surface area contributed by atoms with Gasteiger partial charge in [0.25, 0.3) is 0 Å². The van der Waals surface area contributed by atoms with E-state index in [4.69, 9.17) is 0 Å². The molecule has 2 heterocycles. The average molecular weight is 465 g/mol. The maximum Gasteiger partial charge on any atom is 0.220 e. The molecule has 2 N–H and O–H groups in total. The summed E-state index contributed by atoms with van der Waals surface area (Å²) in [6.45, 7) is 13.6. The van der Waals surface area contributed by atoms with Gasteiger partial charge < -0.3 is 15.5 Å². The van der Waals surface area contributed by atoms with Crippen molar-refractivity contribution in [3.8, 4) is 0 Å². The Morgan fingerprint density at radius 1 is 1.36 bits per heavy atom. The Morgan fingerprint density at radius 3 is 2.56 bits per heavy atom. The molecule has 6 nitrogen and oxygen atoms in total. The van der Waals surface area contributed by atoms with Crippen LogP contribution in [0.2, 0.25) is 0 Å². The number of hydrogen-bond acceptors (Lipinski definition) is 3. The summed E-state index contributed by atoms with van der Waals surface area (Å²) in [6.07, 6.45) is 2.92. The molecule has 2 saturated heterocycles. The van der Waals surface area contributed by atoms with Crippen LogP contribution in [0.15, 0.2) is 4.99 Å². The van der Waals surface area contributed by atoms with E-state index in [0.29, 0.717) is 18.5 Å². The fourth-order valence-corrected chi connectivity index (χ4v) is 4.17. The molecular weight excluding hydrogens is 429 g/mol. The van der Waals surface area contributed by atoms with Crippen molar-refractivity contribution in [2.45, 2.75) is 59.0 Å². The molecule has 0 aromatic carbocycles. The molecule has 1 spiro atoms. The number of carbonyl (C=O) groups is 1. The summed E-state index contributed by atoms with van der Waals surface area (Å²) in [7, 11) is 1.85. The van der Waals surface area contributed by atoms with Gasteiger partial charge in [-0.15, -0.1) is 24.0 Å². The number of likely N-dealkylation sites (tertiary alicyclic amines) is 1. The van der Waals surface area contributed by atoms with Gasteiger partial charge in [-0.25, -0.2) is 0 Å². The Morgan fingerprint density at radius 2 is 2.04 bits per heavy atom. The molecule has 146 valence electrons. The van der Waals surface area contributed by atoms with E-state index in [1.54, 1.807) is 0 Å². The van der Waals surface area contributed by atoms with Crippen LogP contribution in [-0.2, 0) is 4.79 Å². The lowest BCUT2D eigenvalue weighted by atomic mass is 9.79. The number of hydrogen-bond donors (Lipinski definition) is 2. The molecule has 0 bridgehead atoms. The molecule has 7 heteroatoms. The molecule has 0 aromatic rings. The quantitative estimate of drug-likeness (QED) is 0.370. The second kappa shape index (κ2) is 9.94. The van der Waals surface area contributed by atoms with Crippen LogP contribution < -0.4 is 10.6 Å². The summed E-state index contributed by atoms with van der Waals surface area (Å²) in [6, 6.07) is 1.09. The van der Waals surface area contributed by atoms with E-state index >= 15 is 0 Å². The maximum absolute atomic E-state index is 11.7. The minimum atomic E-state index is 0. The van der Waals surface area contributed by atoms with Crippen LogP contribution in [-0.4, -0.2) is 73.5 Å². The molecule has 25 heavy (non-hydrogen) atoms. The molecule has 1 amide bonds. The number of carbonyl (C=O) groups excluding carboxylic acids is 1. The van der Waals surface area contributed by atoms with Gasteiger partial charge in [0.2, 0.25) is 5.91 Å². The van der Waals surface area contributed by atoms with E-state index in [1.807, 2.05) is 7.05 Å². The van der Waals surface area contributed by atoms with Gasteiger partial charge in [0.15, 0.2) is 5.96 Å². The zero-order valence-corrected chi connectivity index (χ0v) is 18.8. The molecule has 2 fully saturated rings. The molecule has 2 aliphatic rings. The second-order valence-corrected chi connectivity index (χ2v) is 7.88. The van der Waals surface area contributed by atoms with Crippen molar-refractivity contribution in [2.75, 3.05) is 39.8 Å². The third kappa shape index (κ3) is 5.98. The van der Waals surface area contributed by atoms with Gasteiger partial charge in [-0.1, -0.05) is 0 Å². The average Bonchev–Trinajstić information content (AvgIpc) is 2.86. The highest BCUT2D eigenvalue weighted by atomic mass is 127. The lowest BCUT2D eigenvalue weighted by molar-refractivity contribution is -0.119. The Hall–Kier alpha value is -0.570. The number of nitrogens with zero attached hydrogens (tertiary/aromatic N) is 3. The highest BCUT2D eigenvalue weighted by molar-refractivity contribution is 14.0. The summed E-state index contributed by atoms with van der Waals surface area (Å²) in [5, 5.41) is 6.53. The van der Waals surface area contributed by atoms with Crippen LogP contribution in [0.4, 0.5) is 0 Å². The fourth-order valence-electron chi connectivity index (χ4n) is 4.17. The summed E-state index contributed by atoms with van der Waals surface area (Å²) in [4.78, 5) is 21.0. The summed E-state index contributed by atoms with van der Waals surface area (Å²) in [5.41, 5.74) is 0.106. The number of halogens is 1. The number of piperidine rings is 1. The normalized spacial score (nSPS) is 24.2. The summed E-state index contributed by atoms with van der Waals surface area (Å²) >= 11 is 0. The molecule has 0 aliphatic carbocycles. The number of aliphatic imine (C=N–C) groups is 1. The first-order valence-corrected chi connectivity index (χ1v) is 9.35. The van der Waals surface area contributed by atoms with Crippen molar-refractivity contribution >= 4 is 35.8 Å². The van der Waals surface area contributed by atoms with E-state index in [1.165, 1.54) is 0 Å². The minimum Gasteiger partial charge on any atom is -0.355 e. The molecule has 1 atom stereocenters. The number of amides is 1. The van der Waals surface area contributed by atoms with Crippen LogP contribution in [0.3, 0.4) is 0 Å². The predicted molar refractivity (Wildman–Crippen MR) is 115 cm³/mol. The van der Waals surface area contributed by atoms with Crippen LogP contribution in [0.5, 0.6) is 0 Å². The van der Waals surface area contributed by atoms with Crippen molar-refractivity contribution < 1.29 is 4.79 Å². The first-order valence-electron chi connectivity index (χ1n) is 9.35. The minimum absolute atomic E-state index is 0. The number of nitrogens with one attached hydrogen (secondary N) is 2. The van der Waals surface area contributed by atoms with E-state index < -0.39 is 0 Å². The van der Waals surface area contributed by atoms with Gasteiger partial charge in [0.05, 0.1) is 0 Å². The highest BCUT2D eigenvalue weighted by Gasteiger charge is 2.42.